The Morgan fingerprint density at radius 3 is 2.62 bits per heavy atom. The molecule has 0 spiro atoms. The number of nitrogens with zero attached hydrogens (tertiary/aromatic N) is 2. The van der Waals surface area contributed by atoms with E-state index in [0.29, 0.717) is 42.2 Å². The molecule has 122 valence electrons. The van der Waals surface area contributed by atoms with Crippen molar-refractivity contribution in [3.63, 3.8) is 0 Å². The maximum atomic E-state index is 13.5. The second-order valence-corrected chi connectivity index (χ2v) is 5.34. The molecule has 5 nitrogen and oxygen atoms in total. The van der Waals surface area contributed by atoms with Crippen LogP contribution < -0.4 is 14.8 Å². The zero-order valence-corrected chi connectivity index (χ0v) is 12.6. The Labute approximate surface area is 136 Å². The van der Waals surface area contributed by atoms with Crippen molar-refractivity contribution >= 4 is 16.7 Å². The lowest BCUT2D eigenvalue weighted by Crippen LogP contribution is -2.15. The van der Waals surface area contributed by atoms with E-state index in [1.54, 1.807) is 0 Å². The minimum atomic E-state index is -0.931. The lowest BCUT2D eigenvalue weighted by atomic mass is 10.2. The molecule has 3 aromatic rings. The first-order valence-electron chi connectivity index (χ1n) is 7.43. The summed E-state index contributed by atoms with van der Waals surface area (Å²) in [6.07, 6.45) is 1.31. The van der Waals surface area contributed by atoms with E-state index < -0.39 is 11.6 Å². The number of benzene rings is 2. The molecule has 0 amide bonds. The fourth-order valence-electron chi connectivity index (χ4n) is 2.58. The van der Waals surface area contributed by atoms with E-state index in [9.17, 15) is 8.78 Å². The van der Waals surface area contributed by atoms with E-state index in [4.69, 9.17) is 9.47 Å². The quantitative estimate of drug-likeness (QED) is 0.799. The minimum Gasteiger partial charge on any atom is -0.486 e. The van der Waals surface area contributed by atoms with Crippen molar-refractivity contribution in [3.8, 4) is 11.5 Å². The summed E-state index contributed by atoms with van der Waals surface area (Å²) in [7, 11) is 0. The molecule has 0 unspecified atom stereocenters. The summed E-state index contributed by atoms with van der Waals surface area (Å²) in [6, 6.07) is 7.78. The van der Waals surface area contributed by atoms with E-state index in [1.807, 2.05) is 18.2 Å². The molecule has 1 aliphatic heterocycles. The summed E-state index contributed by atoms with van der Waals surface area (Å²) < 4.78 is 37.8. The van der Waals surface area contributed by atoms with Crippen molar-refractivity contribution in [2.24, 2.45) is 0 Å². The number of halogens is 2. The summed E-state index contributed by atoms with van der Waals surface area (Å²) in [5.41, 5.74) is 1.29. The molecule has 0 radical (unpaired) electrons. The first kappa shape index (κ1) is 14.6. The molecule has 0 bridgehead atoms. The van der Waals surface area contributed by atoms with Gasteiger partial charge in [0.05, 0.1) is 5.52 Å². The molecule has 1 N–H and O–H groups in total. The van der Waals surface area contributed by atoms with Crippen LogP contribution in [-0.4, -0.2) is 23.2 Å². The second-order valence-electron chi connectivity index (χ2n) is 5.34. The topological polar surface area (TPSA) is 56.3 Å². The van der Waals surface area contributed by atoms with Crippen LogP contribution in [0, 0.1) is 11.6 Å². The average molecular weight is 329 g/mol. The predicted octanol–water partition coefficient (Wildman–Crippen LogP) is 3.29. The highest BCUT2D eigenvalue weighted by Gasteiger charge is 2.13. The van der Waals surface area contributed by atoms with Gasteiger partial charge in [0, 0.05) is 18.0 Å². The van der Waals surface area contributed by atoms with Gasteiger partial charge in [0.2, 0.25) is 0 Å². The largest absolute Gasteiger partial charge is 0.486 e. The molecule has 2 heterocycles. The number of fused-ring (bicyclic) bond motifs is 2. The summed E-state index contributed by atoms with van der Waals surface area (Å²) >= 11 is 0. The number of rotatable bonds is 3. The molecule has 0 aliphatic carbocycles. The maximum absolute atomic E-state index is 13.5. The zero-order valence-electron chi connectivity index (χ0n) is 12.6. The van der Waals surface area contributed by atoms with E-state index >= 15 is 0 Å². The standard InChI is InChI=1S/C17H13F2N3O2/c18-12-6-11-14(7-13(12)19)21-9-22-17(11)20-8-10-1-2-15-16(5-10)24-4-3-23-15/h1-2,5-7,9H,3-4,8H2,(H,20,21,22). The van der Waals surface area contributed by atoms with Gasteiger partial charge in [0.25, 0.3) is 0 Å². The fourth-order valence-corrected chi connectivity index (χ4v) is 2.58. The minimum absolute atomic E-state index is 0.341. The van der Waals surface area contributed by atoms with Gasteiger partial charge in [-0.3, -0.25) is 0 Å². The molecular weight excluding hydrogens is 316 g/mol. The lowest BCUT2D eigenvalue weighted by Gasteiger charge is -2.19. The van der Waals surface area contributed by atoms with Gasteiger partial charge >= 0.3 is 0 Å². The van der Waals surface area contributed by atoms with Gasteiger partial charge < -0.3 is 14.8 Å². The van der Waals surface area contributed by atoms with Gasteiger partial charge in [-0.05, 0) is 23.8 Å². The highest BCUT2D eigenvalue weighted by atomic mass is 19.2. The number of hydrogen-bond donors (Lipinski definition) is 1. The number of hydrogen-bond acceptors (Lipinski definition) is 5. The summed E-state index contributed by atoms with van der Waals surface area (Å²) in [5.74, 6) is -0.0105. The Bertz CT molecular complexity index is 918. The van der Waals surface area contributed by atoms with E-state index in [1.165, 1.54) is 6.33 Å². The van der Waals surface area contributed by atoms with Crippen molar-refractivity contribution < 1.29 is 18.3 Å². The molecule has 0 saturated heterocycles. The van der Waals surface area contributed by atoms with Gasteiger partial charge in [-0.1, -0.05) is 6.07 Å². The van der Waals surface area contributed by atoms with Crippen LogP contribution >= 0.6 is 0 Å². The van der Waals surface area contributed by atoms with Crippen LogP contribution in [0.3, 0.4) is 0 Å². The Morgan fingerprint density at radius 1 is 0.958 bits per heavy atom. The molecule has 2 aromatic carbocycles. The average Bonchev–Trinajstić information content (AvgIpc) is 2.61. The van der Waals surface area contributed by atoms with Gasteiger partial charge in [-0.15, -0.1) is 0 Å². The molecule has 24 heavy (non-hydrogen) atoms. The molecule has 0 saturated carbocycles. The van der Waals surface area contributed by atoms with Crippen molar-refractivity contribution in [2.45, 2.75) is 6.54 Å². The molecule has 7 heteroatoms. The van der Waals surface area contributed by atoms with Crippen LogP contribution in [0.15, 0.2) is 36.7 Å². The smallest absolute Gasteiger partial charge is 0.161 e. The zero-order chi connectivity index (χ0) is 16.5. The first-order chi connectivity index (χ1) is 11.7. The van der Waals surface area contributed by atoms with Gasteiger partial charge in [-0.25, -0.2) is 18.7 Å². The Balaban J connectivity index is 1.60. The van der Waals surface area contributed by atoms with Crippen molar-refractivity contribution in [1.29, 1.82) is 0 Å². The SMILES string of the molecule is Fc1cc2ncnc(NCc3ccc4c(c3)OCCO4)c2cc1F. The number of aromatic nitrogens is 2. The second kappa shape index (κ2) is 5.92. The van der Waals surface area contributed by atoms with Crippen molar-refractivity contribution in [3.05, 3.63) is 53.9 Å². The third kappa shape index (κ3) is 2.68. The molecular formula is C17H13F2N3O2. The third-order valence-electron chi connectivity index (χ3n) is 3.74. The fraction of sp³-hybridized carbons (Fsp3) is 0.176. The van der Waals surface area contributed by atoms with Crippen LogP contribution in [0.1, 0.15) is 5.56 Å². The summed E-state index contributed by atoms with van der Waals surface area (Å²) in [4.78, 5) is 8.08. The Morgan fingerprint density at radius 2 is 1.75 bits per heavy atom. The lowest BCUT2D eigenvalue weighted by molar-refractivity contribution is 0.171. The van der Waals surface area contributed by atoms with Crippen LogP contribution in [0.5, 0.6) is 11.5 Å². The third-order valence-corrected chi connectivity index (χ3v) is 3.74. The Hall–Kier alpha value is -2.96. The number of anilines is 1. The molecule has 1 aromatic heterocycles. The maximum Gasteiger partial charge on any atom is 0.161 e. The first-order valence-corrected chi connectivity index (χ1v) is 7.43. The van der Waals surface area contributed by atoms with Crippen LogP contribution in [0.25, 0.3) is 10.9 Å². The van der Waals surface area contributed by atoms with Crippen LogP contribution in [0.2, 0.25) is 0 Å². The van der Waals surface area contributed by atoms with E-state index in [2.05, 4.69) is 15.3 Å². The van der Waals surface area contributed by atoms with Crippen LogP contribution in [0.4, 0.5) is 14.6 Å². The Kier molecular flexibility index (Phi) is 3.60. The highest BCUT2D eigenvalue weighted by Crippen LogP contribution is 2.31. The highest BCUT2D eigenvalue weighted by molar-refractivity contribution is 5.88. The number of ether oxygens (including phenoxy) is 2. The molecule has 0 atom stereocenters. The monoisotopic (exact) mass is 329 g/mol. The van der Waals surface area contributed by atoms with Crippen LogP contribution in [-0.2, 0) is 6.54 Å². The van der Waals surface area contributed by atoms with Crippen molar-refractivity contribution in [2.75, 3.05) is 18.5 Å². The van der Waals surface area contributed by atoms with Gasteiger partial charge in [0.1, 0.15) is 25.4 Å². The number of nitrogens with one attached hydrogen (secondary N) is 1. The van der Waals surface area contributed by atoms with E-state index in [-0.39, 0.29) is 0 Å². The predicted molar refractivity (Wildman–Crippen MR) is 84.2 cm³/mol. The van der Waals surface area contributed by atoms with E-state index in [0.717, 1.165) is 23.4 Å². The molecule has 0 fully saturated rings. The summed E-state index contributed by atoms with van der Waals surface area (Å²) in [6.45, 7) is 1.51. The van der Waals surface area contributed by atoms with Gasteiger partial charge in [-0.2, -0.15) is 0 Å². The molecule has 4 rings (SSSR count). The summed E-state index contributed by atoms with van der Waals surface area (Å²) in [5, 5.41) is 3.55. The van der Waals surface area contributed by atoms with Gasteiger partial charge in [0.15, 0.2) is 23.1 Å². The molecule has 1 aliphatic rings. The normalized spacial score (nSPS) is 13.1. The van der Waals surface area contributed by atoms with Crippen molar-refractivity contribution in [1.82, 2.24) is 9.97 Å².